The fourth-order valence-electron chi connectivity index (χ4n) is 3.69. The zero-order valence-electron chi connectivity index (χ0n) is 18.0. The van der Waals surface area contributed by atoms with Crippen LogP contribution in [0.5, 0.6) is 0 Å². The molecule has 0 aromatic heterocycles. The fourth-order valence-corrected chi connectivity index (χ4v) is 4.81. The van der Waals surface area contributed by atoms with Crippen molar-refractivity contribution in [1.82, 2.24) is 4.90 Å². The summed E-state index contributed by atoms with van der Waals surface area (Å²) in [4.78, 5) is 43.4. The lowest BCUT2D eigenvalue weighted by molar-refractivity contribution is -0.121. The summed E-state index contributed by atoms with van der Waals surface area (Å²) < 4.78 is 18.5. The average molecular weight is 470 g/mol. The first kappa shape index (κ1) is 23.0. The first-order valence-corrected chi connectivity index (χ1v) is 11.7. The molecular formula is C24H24FN3O4S. The van der Waals surface area contributed by atoms with Crippen molar-refractivity contribution in [3.63, 3.8) is 0 Å². The Morgan fingerprint density at radius 1 is 1.12 bits per heavy atom. The number of amidine groups is 1. The Morgan fingerprint density at radius 3 is 2.70 bits per heavy atom. The molecule has 4 rings (SSSR count). The number of rotatable bonds is 6. The molecule has 0 spiro atoms. The molecule has 0 saturated carbocycles. The third-order valence-corrected chi connectivity index (χ3v) is 6.58. The van der Waals surface area contributed by atoms with Gasteiger partial charge in [0.05, 0.1) is 5.56 Å². The van der Waals surface area contributed by atoms with Gasteiger partial charge in [-0.05, 0) is 55.2 Å². The topological polar surface area (TPSA) is 88.1 Å². The van der Waals surface area contributed by atoms with E-state index in [1.54, 1.807) is 30.3 Å². The van der Waals surface area contributed by atoms with Gasteiger partial charge < -0.3 is 15.0 Å². The first-order chi connectivity index (χ1) is 16.0. The van der Waals surface area contributed by atoms with Gasteiger partial charge in [0.1, 0.15) is 17.7 Å². The third kappa shape index (κ3) is 6.19. The molecule has 2 amide bonds. The van der Waals surface area contributed by atoms with Crippen molar-refractivity contribution in [1.29, 1.82) is 0 Å². The standard InChI is InChI=1S/C24H24FN3O4S/c25-18-8-4-6-16(12-18)15-32-23(31)17-7-5-9-19(13-17)26-21(29)14-20-22(30)27-24(33-20)28-10-2-1-3-11-28/h4-9,12-13,20H,1-3,10-11,14-15H2,(H,26,29). The minimum atomic E-state index is -0.587. The molecule has 0 aliphatic carbocycles. The van der Waals surface area contributed by atoms with Crippen molar-refractivity contribution in [3.05, 3.63) is 65.5 Å². The largest absolute Gasteiger partial charge is 0.457 e. The highest BCUT2D eigenvalue weighted by Crippen LogP contribution is 2.29. The number of anilines is 1. The number of benzene rings is 2. The van der Waals surface area contributed by atoms with Crippen LogP contribution in [0.2, 0.25) is 0 Å². The van der Waals surface area contributed by atoms with Crippen LogP contribution < -0.4 is 5.32 Å². The van der Waals surface area contributed by atoms with E-state index in [0.717, 1.165) is 25.9 Å². The maximum atomic E-state index is 13.3. The number of carbonyl (C=O) groups excluding carboxylic acids is 3. The lowest BCUT2D eigenvalue weighted by Gasteiger charge is -2.27. The summed E-state index contributed by atoms with van der Waals surface area (Å²) in [5.74, 6) is -1.61. The second-order valence-corrected chi connectivity index (χ2v) is 9.10. The zero-order chi connectivity index (χ0) is 23.2. The van der Waals surface area contributed by atoms with E-state index in [9.17, 15) is 18.8 Å². The molecule has 0 radical (unpaired) electrons. The Labute approximate surface area is 195 Å². The summed E-state index contributed by atoms with van der Waals surface area (Å²) in [7, 11) is 0. The van der Waals surface area contributed by atoms with Gasteiger partial charge in [-0.1, -0.05) is 30.0 Å². The van der Waals surface area contributed by atoms with E-state index in [4.69, 9.17) is 4.74 Å². The van der Waals surface area contributed by atoms with Crippen LogP contribution in [0.1, 0.15) is 41.6 Å². The summed E-state index contributed by atoms with van der Waals surface area (Å²) in [6.07, 6.45) is 3.35. The van der Waals surface area contributed by atoms with Gasteiger partial charge >= 0.3 is 5.97 Å². The highest BCUT2D eigenvalue weighted by molar-refractivity contribution is 8.15. The lowest BCUT2D eigenvalue weighted by Crippen LogP contribution is -2.33. The number of piperidine rings is 1. The van der Waals surface area contributed by atoms with Crippen LogP contribution in [0.25, 0.3) is 0 Å². The summed E-state index contributed by atoms with van der Waals surface area (Å²) in [5.41, 5.74) is 1.22. The minimum absolute atomic E-state index is 0.00140. The van der Waals surface area contributed by atoms with Crippen molar-refractivity contribution in [3.8, 4) is 0 Å². The number of aliphatic imine (C=N–C) groups is 1. The van der Waals surface area contributed by atoms with Crippen molar-refractivity contribution in [2.75, 3.05) is 18.4 Å². The third-order valence-electron chi connectivity index (χ3n) is 5.37. The monoisotopic (exact) mass is 469 g/mol. The Balaban J connectivity index is 1.29. The highest BCUT2D eigenvalue weighted by atomic mass is 32.2. The molecule has 2 aliphatic rings. The van der Waals surface area contributed by atoms with E-state index < -0.39 is 17.0 Å². The van der Waals surface area contributed by atoms with Gasteiger partial charge in [-0.15, -0.1) is 0 Å². The molecule has 1 N–H and O–H groups in total. The van der Waals surface area contributed by atoms with Crippen LogP contribution in [0.3, 0.4) is 0 Å². The Morgan fingerprint density at radius 2 is 1.91 bits per heavy atom. The highest BCUT2D eigenvalue weighted by Gasteiger charge is 2.33. The molecule has 2 aromatic carbocycles. The average Bonchev–Trinajstić information content (AvgIpc) is 3.18. The Hall–Kier alpha value is -3.20. The van der Waals surface area contributed by atoms with Crippen molar-refractivity contribution in [2.45, 2.75) is 37.5 Å². The van der Waals surface area contributed by atoms with E-state index in [1.165, 1.54) is 36.4 Å². The summed E-state index contributed by atoms with van der Waals surface area (Å²) in [6.45, 7) is 1.72. The van der Waals surface area contributed by atoms with E-state index in [0.29, 0.717) is 16.4 Å². The van der Waals surface area contributed by atoms with E-state index in [2.05, 4.69) is 15.2 Å². The molecule has 172 valence electrons. The van der Waals surface area contributed by atoms with Gasteiger partial charge in [-0.25, -0.2) is 9.18 Å². The van der Waals surface area contributed by atoms with Crippen LogP contribution in [-0.4, -0.2) is 46.2 Å². The normalized spacial score (nSPS) is 18.1. The van der Waals surface area contributed by atoms with Crippen LogP contribution in [-0.2, 0) is 20.9 Å². The molecule has 7 nitrogen and oxygen atoms in total. The molecule has 0 bridgehead atoms. The number of hydrogen-bond donors (Lipinski definition) is 1. The molecule has 33 heavy (non-hydrogen) atoms. The molecule has 2 heterocycles. The molecule has 1 atom stereocenters. The number of amides is 2. The number of nitrogens with zero attached hydrogens (tertiary/aromatic N) is 2. The maximum absolute atomic E-state index is 13.3. The van der Waals surface area contributed by atoms with Crippen LogP contribution in [0.4, 0.5) is 10.1 Å². The van der Waals surface area contributed by atoms with Crippen LogP contribution >= 0.6 is 11.8 Å². The number of hydrogen-bond acceptors (Lipinski definition) is 6. The summed E-state index contributed by atoms with van der Waals surface area (Å²) in [6, 6.07) is 12.2. The minimum Gasteiger partial charge on any atom is -0.457 e. The van der Waals surface area contributed by atoms with Crippen molar-refractivity contribution >= 4 is 40.4 Å². The molecule has 1 saturated heterocycles. The predicted molar refractivity (Wildman–Crippen MR) is 124 cm³/mol. The Kier molecular flexibility index (Phi) is 7.39. The quantitative estimate of drug-likeness (QED) is 0.644. The van der Waals surface area contributed by atoms with E-state index in [1.807, 2.05) is 0 Å². The SMILES string of the molecule is O=C(CC1SC(N2CCCCC2)=NC1=O)Nc1cccc(C(=O)OCc2cccc(F)c2)c1. The predicted octanol–water partition coefficient (Wildman–Crippen LogP) is 4.00. The fraction of sp³-hybridized carbons (Fsp3) is 0.333. The zero-order valence-corrected chi connectivity index (χ0v) is 18.8. The van der Waals surface area contributed by atoms with Gasteiger partial charge in [0.15, 0.2) is 5.17 Å². The molecule has 1 fully saturated rings. The maximum Gasteiger partial charge on any atom is 0.338 e. The number of esters is 1. The van der Waals surface area contributed by atoms with Crippen LogP contribution in [0, 0.1) is 5.82 Å². The van der Waals surface area contributed by atoms with Gasteiger partial charge in [-0.2, -0.15) is 4.99 Å². The van der Waals surface area contributed by atoms with E-state index in [-0.39, 0.29) is 30.4 Å². The number of carbonyl (C=O) groups is 3. The number of thioether (sulfide) groups is 1. The molecule has 9 heteroatoms. The van der Waals surface area contributed by atoms with Crippen molar-refractivity contribution < 1.29 is 23.5 Å². The van der Waals surface area contributed by atoms with Crippen LogP contribution in [0.15, 0.2) is 53.5 Å². The lowest BCUT2D eigenvalue weighted by atomic mass is 10.1. The van der Waals surface area contributed by atoms with Gasteiger partial charge in [0, 0.05) is 25.2 Å². The second-order valence-electron chi connectivity index (χ2n) is 7.93. The smallest absolute Gasteiger partial charge is 0.338 e. The molecule has 2 aromatic rings. The number of ether oxygens (including phenoxy) is 1. The van der Waals surface area contributed by atoms with Gasteiger partial charge in [0.25, 0.3) is 5.91 Å². The van der Waals surface area contributed by atoms with Gasteiger partial charge in [0.2, 0.25) is 5.91 Å². The first-order valence-electron chi connectivity index (χ1n) is 10.8. The number of likely N-dealkylation sites (tertiary alicyclic amines) is 1. The second kappa shape index (κ2) is 10.6. The van der Waals surface area contributed by atoms with Crippen molar-refractivity contribution in [2.24, 2.45) is 4.99 Å². The number of halogens is 1. The molecule has 1 unspecified atom stereocenters. The molecular weight excluding hydrogens is 445 g/mol. The Bertz CT molecular complexity index is 1080. The summed E-state index contributed by atoms with van der Waals surface area (Å²) >= 11 is 1.34. The molecule has 2 aliphatic heterocycles. The number of nitrogens with one attached hydrogen (secondary N) is 1. The van der Waals surface area contributed by atoms with E-state index >= 15 is 0 Å². The van der Waals surface area contributed by atoms with Gasteiger partial charge in [-0.3, -0.25) is 9.59 Å². The summed E-state index contributed by atoms with van der Waals surface area (Å²) in [5, 5.41) is 2.90.